The zero-order valence-electron chi connectivity index (χ0n) is 45.5. The van der Waals surface area contributed by atoms with Crippen molar-refractivity contribution in [2.45, 2.75) is 213 Å². The van der Waals surface area contributed by atoms with Crippen molar-refractivity contribution in [3.8, 4) is 11.5 Å². The van der Waals surface area contributed by atoms with E-state index >= 15 is 0 Å². The Balaban J connectivity index is 0.961. The average Bonchev–Trinajstić information content (AvgIpc) is 3.42. The van der Waals surface area contributed by atoms with Gasteiger partial charge in [0.05, 0.1) is 48.9 Å². The predicted octanol–water partition coefficient (Wildman–Crippen LogP) is 19.1. The van der Waals surface area contributed by atoms with E-state index in [0.717, 1.165) is 66.5 Å². The quantitative estimate of drug-likeness (QED) is 0.0249. The lowest BCUT2D eigenvalue weighted by atomic mass is 10.0. The molecule has 0 unspecified atom stereocenters. The van der Waals surface area contributed by atoms with E-state index in [2.05, 4.69) is 23.8 Å². The van der Waals surface area contributed by atoms with E-state index in [-0.39, 0.29) is 11.9 Å². The van der Waals surface area contributed by atoms with Crippen molar-refractivity contribution in [2.75, 3.05) is 26.4 Å². The van der Waals surface area contributed by atoms with Gasteiger partial charge in [-0.1, -0.05) is 205 Å². The van der Waals surface area contributed by atoms with Gasteiger partial charge >= 0.3 is 11.9 Å². The Hall–Kier alpha value is -5.24. The monoisotopic (exact) mass is 999 g/mol. The molecule has 0 aliphatic rings. The predicted molar refractivity (Wildman–Crippen MR) is 306 cm³/mol. The molecule has 0 heterocycles. The van der Waals surface area contributed by atoms with Crippen LogP contribution >= 0.6 is 0 Å². The van der Waals surface area contributed by atoms with Crippen LogP contribution in [-0.2, 0) is 9.47 Å². The number of hydrogen-bond donors (Lipinski definition) is 0. The first-order valence-corrected chi connectivity index (χ1v) is 29.1. The normalized spacial score (nSPS) is 11.4. The van der Waals surface area contributed by atoms with Gasteiger partial charge in [-0.3, -0.25) is 9.98 Å². The lowest BCUT2D eigenvalue weighted by Gasteiger charge is -2.07. The van der Waals surface area contributed by atoms with Crippen molar-refractivity contribution in [1.29, 1.82) is 0 Å². The summed E-state index contributed by atoms with van der Waals surface area (Å²) in [6.07, 6.45) is 43.5. The van der Waals surface area contributed by atoms with Crippen LogP contribution in [0.1, 0.15) is 245 Å². The van der Waals surface area contributed by atoms with Crippen molar-refractivity contribution >= 4 is 35.7 Å². The van der Waals surface area contributed by atoms with Gasteiger partial charge in [-0.15, -0.1) is 0 Å². The summed E-state index contributed by atoms with van der Waals surface area (Å²) in [6.45, 7) is 6.65. The van der Waals surface area contributed by atoms with Gasteiger partial charge in [-0.25, -0.2) is 9.59 Å². The van der Waals surface area contributed by atoms with E-state index in [0.29, 0.717) is 37.2 Å². The van der Waals surface area contributed by atoms with Crippen molar-refractivity contribution in [2.24, 2.45) is 9.98 Å². The molecule has 8 nitrogen and oxygen atoms in total. The molecule has 0 aliphatic heterocycles. The SMILES string of the molecule is CCCCCCCCCCCCCCCCOc1ccc(N=Cc2ccc(C(=O)OCCCCCOC(=O)c3ccc(C=Nc4ccc(OCCCCCCCCCCCCCCCC)cc4)cc3)cc2)cc1. The minimum absolute atomic E-state index is 0.301. The molecular weight excluding hydrogens is 905 g/mol. The molecule has 0 atom stereocenters. The molecule has 4 aromatic rings. The van der Waals surface area contributed by atoms with Crippen molar-refractivity contribution < 1.29 is 28.5 Å². The van der Waals surface area contributed by atoms with E-state index in [1.165, 1.54) is 167 Å². The van der Waals surface area contributed by atoms with E-state index in [4.69, 9.17) is 18.9 Å². The third-order valence-corrected chi connectivity index (χ3v) is 13.5. The molecule has 0 amide bonds. The Morgan fingerprint density at radius 2 is 0.589 bits per heavy atom. The Kier molecular flexibility index (Phi) is 34.0. The van der Waals surface area contributed by atoms with E-state index in [9.17, 15) is 9.59 Å². The van der Waals surface area contributed by atoms with Gasteiger partial charge in [-0.2, -0.15) is 0 Å². The van der Waals surface area contributed by atoms with Crippen LogP contribution in [0.25, 0.3) is 0 Å². The number of ether oxygens (including phenoxy) is 4. The standard InChI is InChI=1S/C65H94N2O6/c1-3-5-7-9-11-13-15-17-19-21-23-25-27-30-50-70-62-46-42-60(43-47-62)66-54-56-34-38-58(39-35-56)64(68)72-52-32-29-33-53-73-65(69)59-40-36-57(37-41-59)55-67-61-44-48-63(49-45-61)71-51-31-28-26-24-22-20-18-16-14-12-10-8-6-4-2/h34-49,54-55H,3-33,50-53H2,1-2H3. The van der Waals surface area contributed by atoms with Gasteiger partial charge in [0.15, 0.2) is 0 Å². The Bertz CT molecular complexity index is 1880. The lowest BCUT2D eigenvalue weighted by molar-refractivity contribution is 0.0478. The summed E-state index contributed by atoms with van der Waals surface area (Å²) in [5.74, 6) is 1.02. The molecule has 4 aromatic carbocycles. The Morgan fingerprint density at radius 3 is 0.890 bits per heavy atom. The zero-order chi connectivity index (χ0) is 51.5. The van der Waals surface area contributed by atoms with Crippen molar-refractivity contribution in [1.82, 2.24) is 0 Å². The minimum Gasteiger partial charge on any atom is -0.494 e. The molecule has 0 radical (unpaired) electrons. The molecule has 0 bridgehead atoms. The molecule has 4 rings (SSSR count). The Labute approximate surface area is 442 Å². The number of rotatable bonds is 44. The van der Waals surface area contributed by atoms with Gasteiger partial charge < -0.3 is 18.9 Å². The lowest BCUT2D eigenvalue weighted by Crippen LogP contribution is -2.08. The van der Waals surface area contributed by atoms with Gasteiger partial charge in [0.2, 0.25) is 0 Å². The smallest absolute Gasteiger partial charge is 0.338 e. The van der Waals surface area contributed by atoms with Crippen LogP contribution in [0.2, 0.25) is 0 Å². The largest absolute Gasteiger partial charge is 0.494 e. The minimum atomic E-state index is -0.360. The zero-order valence-corrected chi connectivity index (χ0v) is 45.5. The second-order valence-electron chi connectivity index (χ2n) is 20.0. The number of esters is 2. The molecule has 0 spiro atoms. The van der Waals surface area contributed by atoms with Crippen LogP contribution in [0.4, 0.5) is 11.4 Å². The highest BCUT2D eigenvalue weighted by Crippen LogP contribution is 2.22. The molecule has 0 aromatic heterocycles. The number of carbonyl (C=O) groups excluding carboxylic acids is 2. The molecule has 0 fully saturated rings. The third kappa shape index (κ3) is 29.9. The fraction of sp³-hybridized carbons (Fsp3) is 0.569. The summed E-state index contributed by atoms with van der Waals surface area (Å²) in [6, 6.07) is 30.2. The number of benzene rings is 4. The summed E-state index contributed by atoms with van der Waals surface area (Å²) in [5.41, 5.74) is 4.45. The average molecular weight is 999 g/mol. The van der Waals surface area contributed by atoms with Gasteiger partial charge in [0.25, 0.3) is 0 Å². The van der Waals surface area contributed by atoms with Crippen molar-refractivity contribution in [3.63, 3.8) is 0 Å². The maximum Gasteiger partial charge on any atom is 0.338 e. The van der Waals surface area contributed by atoms with E-state index < -0.39 is 0 Å². The second-order valence-corrected chi connectivity index (χ2v) is 20.0. The second kappa shape index (κ2) is 41.1. The topological polar surface area (TPSA) is 95.8 Å². The number of nitrogens with zero attached hydrogens (tertiary/aromatic N) is 2. The van der Waals surface area contributed by atoms with Crippen LogP contribution in [-0.4, -0.2) is 50.8 Å². The van der Waals surface area contributed by atoms with Gasteiger partial charge in [0, 0.05) is 12.4 Å². The molecule has 0 saturated heterocycles. The maximum atomic E-state index is 12.6. The first-order valence-electron chi connectivity index (χ1n) is 29.1. The number of hydrogen-bond acceptors (Lipinski definition) is 8. The highest BCUT2D eigenvalue weighted by Gasteiger charge is 2.09. The maximum absolute atomic E-state index is 12.6. The molecule has 0 aliphatic carbocycles. The molecule has 73 heavy (non-hydrogen) atoms. The van der Waals surface area contributed by atoms with Crippen LogP contribution < -0.4 is 9.47 Å². The number of unbranched alkanes of at least 4 members (excludes halogenated alkanes) is 28. The van der Waals surface area contributed by atoms with Crippen LogP contribution in [0.3, 0.4) is 0 Å². The van der Waals surface area contributed by atoms with E-state index in [1.54, 1.807) is 36.7 Å². The first-order chi connectivity index (χ1) is 36.0. The molecule has 0 N–H and O–H groups in total. The highest BCUT2D eigenvalue weighted by molar-refractivity contribution is 5.92. The van der Waals surface area contributed by atoms with Gasteiger partial charge in [-0.05, 0) is 116 Å². The van der Waals surface area contributed by atoms with Crippen molar-refractivity contribution in [3.05, 3.63) is 119 Å². The molecule has 0 saturated carbocycles. The third-order valence-electron chi connectivity index (χ3n) is 13.5. The highest BCUT2D eigenvalue weighted by atomic mass is 16.5. The summed E-state index contributed by atoms with van der Waals surface area (Å²) < 4.78 is 22.9. The molecule has 8 heteroatoms. The summed E-state index contributed by atoms with van der Waals surface area (Å²) >= 11 is 0. The molecule has 400 valence electrons. The fourth-order valence-corrected chi connectivity index (χ4v) is 8.82. The van der Waals surface area contributed by atoms with E-state index in [1.807, 2.05) is 72.8 Å². The van der Waals surface area contributed by atoms with Gasteiger partial charge in [0.1, 0.15) is 11.5 Å². The number of aliphatic imine (C=N–C) groups is 2. The van der Waals surface area contributed by atoms with Crippen LogP contribution in [0.5, 0.6) is 11.5 Å². The summed E-state index contributed by atoms with van der Waals surface area (Å²) in [5, 5.41) is 0. The Morgan fingerprint density at radius 1 is 0.329 bits per heavy atom. The number of carbonyl (C=O) groups is 2. The van der Waals surface area contributed by atoms with Crippen LogP contribution in [0.15, 0.2) is 107 Å². The first kappa shape index (κ1) is 60.3. The fourth-order valence-electron chi connectivity index (χ4n) is 8.82. The summed E-state index contributed by atoms with van der Waals surface area (Å²) in [4.78, 5) is 34.4. The summed E-state index contributed by atoms with van der Waals surface area (Å²) in [7, 11) is 0. The van der Waals surface area contributed by atoms with Crippen LogP contribution in [0, 0.1) is 0 Å². The molecular formula is C65H94N2O6.